The number of benzene rings is 1. The molecule has 0 bridgehead atoms. The van der Waals surface area contributed by atoms with Crippen LogP contribution in [-0.2, 0) is 10.0 Å². The van der Waals surface area contributed by atoms with Gasteiger partial charge >= 0.3 is 0 Å². The van der Waals surface area contributed by atoms with Crippen molar-refractivity contribution in [2.24, 2.45) is 11.7 Å². The fourth-order valence-corrected chi connectivity index (χ4v) is 3.77. The monoisotopic (exact) mass is 272 g/mol. The van der Waals surface area contributed by atoms with Gasteiger partial charge in [-0.1, -0.05) is 0 Å². The van der Waals surface area contributed by atoms with Crippen LogP contribution in [0.25, 0.3) is 0 Å². The standard InChI is InChI=1S/C12H17FN2O2S/c13-11-1-3-12(4-2-11)18(16,17)15-8-6-10(9-15)5-7-14/h1-4,10H,5-9,14H2. The molecule has 0 radical (unpaired) electrons. The summed E-state index contributed by atoms with van der Waals surface area (Å²) in [4.78, 5) is 0.150. The molecule has 0 spiro atoms. The molecule has 1 heterocycles. The average Bonchev–Trinajstić information content (AvgIpc) is 2.79. The first kappa shape index (κ1) is 13.5. The zero-order valence-electron chi connectivity index (χ0n) is 10.0. The van der Waals surface area contributed by atoms with Gasteiger partial charge in [-0.2, -0.15) is 4.31 Å². The summed E-state index contributed by atoms with van der Waals surface area (Å²) in [7, 11) is -3.48. The van der Waals surface area contributed by atoms with E-state index in [1.807, 2.05) is 0 Å². The molecule has 1 aromatic carbocycles. The van der Waals surface area contributed by atoms with Crippen molar-refractivity contribution in [3.05, 3.63) is 30.1 Å². The molecule has 1 aliphatic rings. The molecule has 2 N–H and O–H groups in total. The van der Waals surface area contributed by atoms with Crippen LogP contribution in [0.3, 0.4) is 0 Å². The highest BCUT2D eigenvalue weighted by Gasteiger charge is 2.31. The van der Waals surface area contributed by atoms with Crippen molar-refractivity contribution in [3.8, 4) is 0 Å². The molecule has 1 atom stereocenters. The van der Waals surface area contributed by atoms with E-state index in [1.54, 1.807) is 0 Å². The van der Waals surface area contributed by atoms with E-state index < -0.39 is 15.8 Å². The molecule has 18 heavy (non-hydrogen) atoms. The Hall–Kier alpha value is -0.980. The molecule has 1 saturated heterocycles. The zero-order chi connectivity index (χ0) is 13.2. The highest BCUT2D eigenvalue weighted by Crippen LogP contribution is 2.25. The average molecular weight is 272 g/mol. The molecular formula is C12H17FN2O2S. The molecule has 2 rings (SSSR count). The van der Waals surface area contributed by atoms with Gasteiger partial charge in [-0.15, -0.1) is 0 Å². The summed E-state index contributed by atoms with van der Waals surface area (Å²) in [5.41, 5.74) is 5.48. The number of halogens is 1. The first-order valence-corrected chi connectivity index (χ1v) is 7.44. The summed E-state index contributed by atoms with van der Waals surface area (Å²) in [5.74, 6) is -0.0957. The van der Waals surface area contributed by atoms with Crippen molar-refractivity contribution >= 4 is 10.0 Å². The van der Waals surface area contributed by atoms with Gasteiger partial charge in [-0.05, 0) is 49.6 Å². The fraction of sp³-hybridized carbons (Fsp3) is 0.500. The van der Waals surface area contributed by atoms with Crippen LogP contribution in [0.4, 0.5) is 4.39 Å². The largest absolute Gasteiger partial charge is 0.330 e. The maximum atomic E-state index is 12.8. The van der Waals surface area contributed by atoms with Crippen LogP contribution in [-0.4, -0.2) is 32.4 Å². The number of hydrogen-bond donors (Lipinski definition) is 1. The topological polar surface area (TPSA) is 63.4 Å². The van der Waals surface area contributed by atoms with E-state index in [2.05, 4.69) is 0 Å². The molecule has 0 amide bonds. The first-order valence-electron chi connectivity index (χ1n) is 6.00. The predicted molar refractivity (Wildman–Crippen MR) is 66.9 cm³/mol. The van der Waals surface area contributed by atoms with E-state index in [4.69, 9.17) is 5.73 Å². The Kier molecular flexibility index (Phi) is 3.99. The highest BCUT2D eigenvalue weighted by atomic mass is 32.2. The summed E-state index contributed by atoms with van der Waals surface area (Å²) in [6.45, 7) is 1.61. The van der Waals surface area contributed by atoms with Crippen LogP contribution >= 0.6 is 0 Å². The van der Waals surface area contributed by atoms with Crippen molar-refractivity contribution in [2.75, 3.05) is 19.6 Å². The Balaban J connectivity index is 2.15. The van der Waals surface area contributed by atoms with E-state index in [0.29, 0.717) is 25.6 Å². The quantitative estimate of drug-likeness (QED) is 0.895. The fourth-order valence-electron chi connectivity index (χ4n) is 2.24. The number of hydrogen-bond acceptors (Lipinski definition) is 3. The lowest BCUT2D eigenvalue weighted by Gasteiger charge is -2.16. The summed E-state index contributed by atoms with van der Waals surface area (Å²) in [6.07, 6.45) is 1.69. The van der Waals surface area contributed by atoms with Crippen molar-refractivity contribution < 1.29 is 12.8 Å². The van der Waals surface area contributed by atoms with Gasteiger partial charge in [0, 0.05) is 13.1 Å². The van der Waals surface area contributed by atoms with Gasteiger partial charge in [0.2, 0.25) is 10.0 Å². The van der Waals surface area contributed by atoms with Gasteiger partial charge in [0.1, 0.15) is 5.82 Å². The third kappa shape index (κ3) is 2.71. The van der Waals surface area contributed by atoms with Crippen LogP contribution in [0.15, 0.2) is 29.2 Å². The molecule has 0 saturated carbocycles. The molecule has 1 unspecified atom stereocenters. The molecule has 4 nitrogen and oxygen atoms in total. The van der Waals surface area contributed by atoms with E-state index in [-0.39, 0.29) is 4.90 Å². The third-order valence-corrected chi connectivity index (χ3v) is 5.15. The van der Waals surface area contributed by atoms with E-state index in [0.717, 1.165) is 12.8 Å². The number of rotatable bonds is 4. The minimum atomic E-state index is -3.48. The minimum Gasteiger partial charge on any atom is -0.330 e. The Bertz CT molecular complexity index is 501. The van der Waals surface area contributed by atoms with Crippen LogP contribution in [0.2, 0.25) is 0 Å². The van der Waals surface area contributed by atoms with Gasteiger partial charge in [-0.25, -0.2) is 12.8 Å². The second-order valence-corrected chi connectivity index (χ2v) is 6.49. The Labute approximate surface area is 107 Å². The molecule has 100 valence electrons. The van der Waals surface area contributed by atoms with Crippen LogP contribution < -0.4 is 5.73 Å². The Morgan fingerprint density at radius 3 is 2.61 bits per heavy atom. The Morgan fingerprint density at radius 1 is 1.33 bits per heavy atom. The van der Waals surface area contributed by atoms with Crippen molar-refractivity contribution in [2.45, 2.75) is 17.7 Å². The minimum absolute atomic E-state index is 0.150. The molecule has 0 aliphatic carbocycles. The summed E-state index contributed by atoms with van der Waals surface area (Å²) < 4.78 is 38.8. The maximum absolute atomic E-state index is 12.8. The number of nitrogens with zero attached hydrogens (tertiary/aromatic N) is 1. The van der Waals surface area contributed by atoms with E-state index in [1.165, 1.54) is 28.6 Å². The highest BCUT2D eigenvalue weighted by molar-refractivity contribution is 7.89. The van der Waals surface area contributed by atoms with Crippen molar-refractivity contribution in [1.82, 2.24) is 4.31 Å². The van der Waals surface area contributed by atoms with E-state index in [9.17, 15) is 12.8 Å². The summed E-state index contributed by atoms with van der Waals surface area (Å²) in [5, 5.41) is 0. The second-order valence-electron chi connectivity index (χ2n) is 4.55. The summed E-state index contributed by atoms with van der Waals surface area (Å²) >= 11 is 0. The summed E-state index contributed by atoms with van der Waals surface area (Å²) in [6, 6.07) is 4.95. The lowest BCUT2D eigenvalue weighted by Crippen LogP contribution is -2.29. The SMILES string of the molecule is NCCC1CCN(S(=O)(=O)c2ccc(F)cc2)C1. The molecule has 0 aromatic heterocycles. The molecule has 1 aromatic rings. The molecule has 1 fully saturated rings. The Morgan fingerprint density at radius 2 is 2.00 bits per heavy atom. The van der Waals surface area contributed by atoms with Crippen LogP contribution in [0.1, 0.15) is 12.8 Å². The van der Waals surface area contributed by atoms with Crippen molar-refractivity contribution in [3.63, 3.8) is 0 Å². The molecular weight excluding hydrogens is 255 g/mol. The molecule has 6 heteroatoms. The van der Waals surface area contributed by atoms with Gasteiger partial charge in [0.05, 0.1) is 4.90 Å². The first-order chi connectivity index (χ1) is 8.54. The predicted octanol–water partition coefficient (Wildman–Crippen LogP) is 1.19. The van der Waals surface area contributed by atoms with Crippen LogP contribution in [0, 0.1) is 11.7 Å². The van der Waals surface area contributed by atoms with E-state index >= 15 is 0 Å². The smallest absolute Gasteiger partial charge is 0.243 e. The number of nitrogens with two attached hydrogens (primary N) is 1. The van der Waals surface area contributed by atoms with Gasteiger partial charge in [-0.3, -0.25) is 0 Å². The zero-order valence-corrected chi connectivity index (χ0v) is 10.9. The second kappa shape index (κ2) is 5.34. The van der Waals surface area contributed by atoms with Crippen molar-refractivity contribution in [1.29, 1.82) is 0 Å². The number of sulfonamides is 1. The van der Waals surface area contributed by atoms with Crippen LogP contribution in [0.5, 0.6) is 0 Å². The maximum Gasteiger partial charge on any atom is 0.243 e. The lowest BCUT2D eigenvalue weighted by atomic mass is 10.1. The van der Waals surface area contributed by atoms with Gasteiger partial charge in [0.25, 0.3) is 0 Å². The van der Waals surface area contributed by atoms with Gasteiger partial charge in [0.15, 0.2) is 0 Å². The van der Waals surface area contributed by atoms with Gasteiger partial charge < -0.3 is 5.73 Å². The normalized spacial score (nSPS) is 21.3. The lowest BCUT2D eigenvalue weighted by molar-refractivity contribution is 0.448. The third-order valence-electron chi connectivity index (χ3n) is 3.27. The molecule has 1 aliphatic heterocycles.